The molecule has 0 bridgehead atoms. The molecule has 2 nitrogen and oxygen atoms in total. The van der Waals surface area contributed by atoms with E-state index in [0.717, 1.165) is 44.9 Å². The van der Waals surface area contributed by atoms with E-state index in [4.69, 9.17) is 4.74 Å². The van der Waals surface area contributed by atoms with Crippen molar-refractivity contribution < 1.29 is 84.2 Å². The van der Waals surface area contributed by atoms with Crippen LogP contribution in [0.1, 0.15) is 145 Å². The lowest BCUT2D eigenvalue weighted by Crippen LogP contribution is -2.66. The normalized spacial score (nSPS) is 13.0. The van der Waals surface area contributed by atoms with Gasteiger partial charge in [-0.05, 0) is 48.8 Å². The van der Waals surface area contributed by atoms with Gasteiger partial charge in [0.1, 0.15) is 0 Å². The molecule has 0 aliphatic carbocycles. The van der Waals surface area contributed by atoms with Gasteiger partial charge in [0.2, 0.25) is 0 Å². The van der Waals surface area contributed by atoms with Crippen molar-refractivity contribution in [3.05, 3.63) is 41.0 Å². The molecular formula is C41H47F17O2. The molecule has 0 aliphatic heterocycles. The lowest BCUT2D eigenvalue weighted by Gasteiger charge is -2.41. The van der Waals surface area contributed by atoms with Crippen LogP contribution in [0, 0.1) is 23.7 Å². The number of ether oxygens (including phenoxy) is 1. The fraction of sp³-hybridized carbons (Fsp3) is 0.683. The first-order valence-electron chi connectivity index (χ1n) is 19.4. The SMILES string of the molecule is CCCCCCCCCCCCC#CC#CCCCCCCCCCOC(=O)c1ccc(C(=C(C(F)(C(F)(F)F)C(F)(F)F)C(F)(C(F)(F)F)C(F)(F)F)C(F)(F)F)cc1. The number of allylic oxidation sites excluding steroid dienone is 2. The largest absolute Gasteiger partial charge is 0.462 e. The minimum Gasteiger partial charge on any atom is -0.462 e. The summed E-state index contributed by atoms with van der Waals surface area (Å²) >= 11 is 0. The first kappa shape index (κ1) is 54.4. The number of unbranched alkanes of at least 4 members (excludes halogenated alkanes) is 17. The Morgan fingerprint density at radius 3 is 1.12 bits per heavy atom. The molecule has 1 aromatic rings. The smallest absolute Gasteiger partial charge is 0.435 e. The average Bonchev–Trinajstić information content (AvgIpc) is 3.12. The van der Waals surface area contributed by atoms with Gasteiger partial charge < -0.3 is 4.74 Å². The van der Waals surface area contributed by atoms with Crippen LogP contribution >= 0.6 is 0 Å². The van der Waals surface area contributed by atoms with Crippen molar-refractivity contribution >= 4 is 11.5 Å². The fourth-order valence-corrected chi connectivity index (χ4v) is 6.05. The Bertz CT molecular complexity index is 1520. The van der Waals surface area contributed by atoms with Crippen molar-refractivity contribution in [2.45, 2.75) is 171 Å². The second-order valence-electron chi connectivity index (χ2n) is 14.0. The van der Waals surface area contributed by atoms with E-state index in [2.05, 4.69) is 30.6 Å². The molecule has 0 aromatic heterocycles. The predicted molar refractivity (Wildman–Crippen MR) is 191 cm³/mol. The average molecular weight is 895 g/mol. The maximum atomic E-state index is 15.0. The van der Waals surface area contributed by atoms with E-state index in [1.165, 1.54) is 51.4 Å². The number of carbonyl (C=O) groups excluding carboxylic acids is 1. The second kappa shape index (κ2) is 24.1. The van der Waals surface area contributed by atoms with Crippen molar-refractivity contribution in [2.24, 2.45) is 0 Å². The van der Waals surface area contributed by atoms with Crippen LogP contribution in [-0.4, -0.2) is 54.8 Å². The zero-order valence-electron chi connectivity index (χ0n) is 32.7. The van der Waals surface area contributed by atoms with E-state index < -0.39 is 70.5 Å². The van der Waals surface area contributed by atoms with E-state index in [0.29, 0.717) is 19.3 Å². The number of alkyl halides is 17. The first-order chi connectivity index (χ1) is 27.7. The highest BCUT2D eigenvalue weighted by atomic mass is 19.4. The van der Waals surface area contributed by atoms with Gasteiger partial charge in [-0.3, -0.25) is 0 Å². The molecule has 1 aromatic carbocycles. The summed E-state index contributed by atoms with van der Waals surface area (Å²) in [6.45, 7) is 1.89. The van der Waals surface area contributed by atoms with Gasteiger partial charge in [0.15, 0.2) is 0 Å². The first-order valence-corrected chi connectivity index (χ1v) is 19.4. The Kier molecular flexibility index (Phi) is 21.9. The van der Waals surface area contributed by atoms with Gasteiger partial charge >= 0.3 is 48.2 Å². The topological polar surface area (TPSA) is 26.3 Å². The highest BCUT2D eigenvalue weighted by Gasteiger charge is 2.87. The van der Waals surface area contributed by atoms with E-state index >= 15 is 8.78 Å². The number of carbonyl (C=O) groups is 1. The number of hydrogen-bond donors (Lipinski definition) is 0. The number of halogens is 17. The van der Waals surface area contributed by atoms with Crippen LogP contribution in [0.15, 0.2) is 29.8 Å². The Morgan fingerprint density at radius 1 is 0.467 bits per heavy atom. The summed E-state index contributed by atoms with van der Waals surface area (Å²) in [6, 6.07) is -0.420. The van der Waals surface area contributed by atoms with Crippen molar-refractivity contribution in [1.29, 1.82) is 0 Å². The quantitative estimate of drug-likeness (QED) is 0.0474. The van der Waals surface area contributed by atoms with Gasteiger partial charge in [-0.1, -0.05) is 121 Å². The second-order valence-corrected chi connectivity index (χ2v) is 14.0. The third-order valence-electron chi connectivity index (χ3n) is 9.27. The molecule has 0 spiro atoms. The lowest BCUT2D eigenvalue weighted by atomic mass is 9.76. The van der Waals surface area contributed by atoms with E-state index in [1.807, 2.05) is 0 Å². The van der Waals surface area contributed by atoms with Crippen molar-refractivity contribution in [3.63, 3.8) is 0 Å². The predicted octanol–water partition coefficient (Wildman–Crippen LogP) is 15.3. The van der Waals surface area contributed by atoms with Crippen molar-refractivity contribution in [1.82, 2.24) is 0 Å². The minimum absolute atomic E-state index is 0.125. The summed E-state index contributed by atoms with van der Waals surface area (Å²) in [5, 5.41) is 0. The summed E-state index contributed by atoms with van der Waals surface area (Å²) in [5.41, 5.74) is -29.3. The molecule has 0 atom stereocenters. The molecule has 0 heterocycles. The van der Waals surface area contributed by atoms with Gasteiger partial charge in [-0.2, -0.15) is 65.9 Å². The summed E-state index contributed by atoms with van der Waals surface area (Å²) in [6.07, 6.45) is -20.6. The summed E-state index contributed by atoms with van der Waals surface area (Å²) in [5.74, 6) is 10.4. The summed E-state index contributed by atoms with van der Waals surface area (Å²) < 4.78 is 239. The Balaban J connectivity index is 2.78. The number of benzene rings is 1. The van der Waals surface area contributed by atoms with Crippen LogP contribution < -0.4 is 0 Å². The Hall–Kier alpha value is -3.64. The Labute approximate surface area is 338 Å². The van der Waals surface area contributed by atoms with Gasteiger partial charge in [0.25, 0.3) is 0 Å². The standard InChI is InChI=1S/C41H47F17O2/c1-2-3-4-5-6-7-8-9-10-11-12-13-14-15-16-17-18-19-20-21-22-23-24-29-60-34(59)31-27-25-30(26-28-31)32(37(44,45)46)33(35(42,38(47,48)49)39(50,51)52)36(43,40(53,54)55)41(56,57)58/h25-28H,2-12,17-24,29H2,1H3. The van der Waals surface area contributed by atoms with E-state index in [-0.39, 0.29) is 37.3 Å². The molecule has 0 unspecified atom stereocenters. The third-order valence-corrected chi connectivity index (χ3v) is 9.27. The van der Waals surface area contributed by atoms with Crippen molar-refractivity contribution in [2.75, 3.05) is 6.61 Å². The molecule has 0 aliphatic rings. The van der Waals surface area contributed by atoms with Crippen LogP contribution in [0.2, 0.25) is 0 Å². The highest BCUT2D eigenvalue weighted by molar-refractivity contribution is 5.90. The molecule has 0 amide bonds. The zero-order valence-corrected chi connectivity index (χ0v) is 32.7. The number of rotatable bonds is 23. The molecule has 0 fully saturated rings. The Morgan fingerprint density at radius 2 is 0.783 bits per heavy atom. The number of hydrogen-bond acceptors (Lipinski definition) is 2. The fourth-order valence-electron chi connectivity index (χ4n) is 6.05. The minimum atomic E-state index is -8.21. The van der Waals surface area contributed by atoms with Crippen LogP contribution in [0.4, 0.5) is 74.6 Å². The van der Waals surface area contributed by atoms with E-state index in [1.54, 1.807) is 0 Å². The van der Waals surface area contributed by atoms with Gasteiger partial charge in [-0.25, -0.2) is 13.6 Å². The van der Waals surface area contributed by atoms with Crippen LogP contribution in [-0.2, 0) is 4.74 Å². The highest BCUT2D eigenvalue weighted by Crippen LogP contribution is 2.64. The molecule has 0 N–H and O–H groups in total. The molecular weight excluding hydrogens is 847 g/mol. The molecule has 0 saturated heterocycles. The van der Waals surface area contributed by atoms with Crippen molar-refractivity contribution in [3.8, 4) is 23.7 Å². The maximum Gasteiger partial charge on any atom is 0.435 e. The molecule has 1 rings (SSSR count). The molecule has 60 heavy (non-hydrogen) atoms. The molecule has 0 saturated carbocycles. The summed E-state index contributed by atoms with van der Waals surface area (Å²) in [4.78, 5) is 12.3. The third kappa shape index (κ3) is 16.0. The zero-order chi connectivity index (χ0) is 45.9. The molecule has 342 valence electrons. The molecule has 0 radical (unpaired) electrons. The number of esters is 1. The van der Waals surface area contributed by atoms with Crippen LogP contribution in [0.3, 0.4) is 0 Å². The van der Waals surface area contributed by atoms with Crippen LogP contribution in [0.25, 0.3) is 5.57 Å². The van der Waals surface area contributed by atoms with Gasteiger partial charge in [-0.15, -0.1) is 0 Å². The van der Waals surface area contributed by atoms with Gasteiger partial charge in [0, 0.05) is 12.8 Å². The monoisotopic (exact) mass is 894 g/mol. The lowest BCUT2D eigenvalue weighted by molar-refractivity contribution is -0.363. The molecule has 19 heteroatoms. The summed E-state index contributed by atoms with van der Waals surface area (Å²) in [7, 11) is 0. The maximum absolute atomic E-state index is 15.0. The van der Waals surface area contributed by atoms with Gasteiger partial charge in [0.05, 0.1) is 23.3 Å². The van der Waals surface area contributed by atoms with Crippen LogP contribution in [0.5, 0.6) is 0 Å². The van der Waals surface area contributed by atoms with E-state index in [9.17, 15) is 70.7 Å².